The van der Waals surface area contributed by atoms with Gasteiger partial charge in [-0.15, -0.1) is 0 Å². The van der Waals surface area contributed by atoms with Gasteiger partial charge in [0.25, 0.3) is 0 Å². The Labute approximate surface area is 110 Å². The zero-order valence-electron chi connectivity index (χ0n) is 10.8. The van der Waals surface area contributed by atoms with E-state index >= 15 is 0 Å². The number of thioether (sulfide) groups is 1. The molecule has 1 aliphatic rings. The van der Waals surface area contributed by atoms with E-state index in [9.17, 15) is 8.42 Å². The topological polar surface area (TPSA) is 46.2 Å². The number of nitrogens with one attached hydrogen (secondary N) is 1. The molecule has 1 N–H and O–H groups in total. The van der Waals surface area contributed by atoms with Crippen molar-refractivity contribution in [2.75, 3.05) is 30.1 Å². The van der Waals surface area contributed by atoms with Crippen molar-refractivity contribution in [3.8, 4) is 0 Å². The average molecular weight is 279 g/mol. The smallest absolute Gasteiger partial charge is 0.150 e. The second-order valence-electron chi connectivity index (χ2n) is 4.79. The molecule has 0 amide bonds. The highest BCUT2D eigenvalue weighted by atomic mass is 32.2. The van der Waals surface area contributed by atoms with Crippen molar-refractivity contribution < 1.29 is 8.42 Å². The Morgan fingerprint density at radius 3 is 2.41 bits per heavy atom. The summed E-state index contributed by atoms with van der Waals surface area (Å²) in [5, 5.41) is 3.48. The maximum absolute atomic E-state index is 11.2. The number of hydrogen-bond acceptors (Lipinski definition) is 4. The van der Waals surface area contributed by atoms with Gasteiger partial charge in [0.1, 0.15) is 9.84 Å². The molecule has 1 rings (SSSR count). The maximum Gasteiger partial charge on any atom is 0.150 e. The largest absolute Gasteiger partial charge is 0.314 e. The fourth-order valence-electron chi connectivity index (χ4n) is 2.13. The van der Waals surface area contributed by atoms with Gasteiger partial charge in [-0.2, -0.15) is 11.8 Å². The van der Waals surface area contributed by atoms with E-state index in [2.05, 4.69) is 11.6 Å². The first-order chi connectivity index (χ1) is 8.14. The first-order valence-electron chi connectivity index (χ1n) is 6.57. The minimum Gasteiger partial charge on any atom is -0.314 e. The van der Waals surface area contributed by atoms with Gasteiger partial charge in [0.2, 0.25) is 0 Å². The van der Waals surface area contributed by atoms with Gasteiger partial charge >= 0.3 is 0 Å². The molecule has 0 aromatic rings. The van der Waals surface area contributed by atoms with Crippen LogP contribution in [0.3, 0.4) is 0 Å². The summed E-state index contributed by atoms with van der Waals surface area (Å²) in [5.74, 6) is 2.02. The SMILES string of the molecule is CSCCCCCCNC1CCS(=O)(=O)CC1. The summed E-state index contributed by atoms with van der Waals surface area (Å²) in [6, 6.07) is 0.435. The fraction of sp³-hybridized carbons (Fsp3) is 1.00. The fourth-order valence-corrected chi connectivity index (χ4v) is 4.11. The lowest BCUT2D eigenvalue weighted by Crippen LogP contribution is -2.37. The molecule has 102 valence electrons. The summed E-state index contributed by atoms with van der Waals surface area (Å²) < 4.78 is 22.5. The molecule has 0 saturated carbocycles. The van der Waals surface area contributed by atoms with Crippen LogP contribution >= 0.6 is 11.8 Å². The molecule has 1 heterocycles. The number of unbranched alkanes of at least 4 members (excludes halogenated alkanes) is 3. The van der Waals surface area contributed by atoms with E-state index in [4.69, 9.17) is 0 Å². The van der Waals surface area contributed by atoms with Gasteiger partial charge in [-0.3, -0.25) is 0 Å². The van der Waals surface area contributed by atoms with E-state index in [1.165, 1.54) is 31.4 Å². The highest BCUT2D eigenvalue weighted by Crippen LogP contribution is 2.12. The minimum absolute atomic E-state index is 0.373. The lowest BCUT2D eigenvalue weighted by Gasteiger charge is -2.23. The molecule has 0 aliphatic carbocycles. The van der Waals surface area contributed by atoms with Crippen molar-refractivity contribution in [2.45, 2.75) is 44.6 Å². The molecular formula is C12H25NO2S2. The quantitative estimate of drug-likeness (QED) is 0.691. The van der Waals surface area contributed by atoms with E-state index < -0.39 is 9.84 Å². The summed E-state index contributed by atoms with van der Waals surface area (Å²) in [4.78, 5) is 0. The molecule has 5 heteroatoms. The lowest BCUT2D eigenvalue weighted by atomic mass is 10.1. The van der Waals surface area contributed by atoms with E-state index in [0.717, 1.165) is 19.4 Å². The van der Waals surface area contributed by atoms with Crippen LogP contribution in [0.25, 0.3) is 0 Å². The highest BCUT2D eigenvalue weighted by Gasteiger charge is 2.22. The molecule has 0 atom stereocenters. The standard InChI is InChI=1S/C12H25NO2S2/c1-16-9-5-3-2-4-8-13-12-6-10-17(14,15)11-7-12/h12-13H,2-11H2,1H3. The monoisotopic (exact) mass is 279 g/mol. The zero-order valence-corrected chi connectivity index (χ0v) is 12.4. The third-order valence-electron chi connectivity index (χ3n) is 3.26. The Balaban J connectivity index is 1.94. The van der Waals surface area contributed by atoms with Crippen molar-refractivity contribution in [3.05, 3.63) is 0 Å². The van der Waals surface area contributed by atoms with Crippen LogP contribution in [-0.4, -0.2) is 44.5 Å². The van der Waals surface area contributed by atoms with E-state index in [1.807, 2.05) is 11.8 Å². The Morgan fingerprint density at radius 1 is 1.12 bits per heavy atom. The highest BCUT2D eigenvalue weighted by molar-refractivity contribution is 7.98. The van der Waals surface area contributed by atoms with E-state index in [-0.39, 0.29) is 0 Å². The first-order valence-corrected chi connectivity index (χ1v) is 9.78. The summed E-state index contributed by atoms with van der Waals surface area (Å²) in [6.07, 6.45) is 8.91. The number of sulfone groups is 1. The van der Waals surface area contributed by atoms with Crippen LogP contribution < -0.4 is 5.32 Å². The van der Waals surface area contributed by atoms with Gasteiger partial charge in [0, 0.05) is 6.04 Å². The Bertz CT molecular complexity index is 277. The van der Waals surface area contributed by atoms with Crippen LogP contribution in [-0.2, 0) is 9.84 Å². The first kappa shape index (κ1) is 15.3. The maximum atomic E-state index is 11.2. The molecule has 0 bridgehead atoms. The van der Waals surface area contributed by atoms with Crippen LogP contribution in [0.4, 0.5) is 0 Å². The van der Waals surface area contributed by atoms with E-state index in [0.29, 0.717) is 17.5 Å². The zero-order chi connectivity index (χ0) is 12.6. The third kappa shape index (κ3) is 7.32. The molecule has 17 heavy (non-hydrogen) atoms. The van der Waals surface area contributed by atoms with Crippen LogP contribution in [0, 0.1) is 0 Å². The lowest BCUT2D eigenvalue weighted by molar-refractivity contribution is 0.453. The van der Waals surface area contributed by atoms with Crippen LogP contribution in [0.5, 0.6) is 0 Å². The van der Waals surface area contributed by atoms with Crippen LogP contribution in [0.15, 0.2) is 0 Å². The van der Waals surface area contributed by atoms with Crippen molar-refractivity contribution in [1.29, 1.82) is 0 Å². The Hall–Kier alpha value is 0.260. The normalized spacial score (nSPS) is 20.5. The molecule has 1 fully saturated rings. The average Bonchev–Trinajstić information content (AvgIpc) is 2.30. The van der Waals surface area contributed by atoms with Gasteiger partial charge < -0.3 is 5.32 Å². The second kappa shape index (κ2) is 8.38. The van der Waals surface area contributed by atoms with Gasteiger partial charge in [-0.05, 0) is 44.2 Å². The third-order valence-corrected chi connectivity index (χ3v) is 5.68. The number of hydrogen-bond donors (Lipinski definition) is 1. The summed E-state index contributed by atoms with van der Waals surface area (Å²) in [7, 11) is -2.70. The van der Waals surface area contributed by atoms with Gasteiger partial charge in [-0.25, -0.2) is 8.42 Å². The van der Waals surface area contributed by atoms with Crippen molar-refractivity contribution in [2.24, 2.45) is 0 Å². The molecule has 0 aromatic carbocycles. The van der Waals surface area contributed by atoms with Crippen molar-refractivity contribution >= 4 is 21.6 Å². The Morgan fingerprint density at radius 2 is 1.76 bits per heavy atom. The van der Waals surface area contributed by atoms with Crippen molar-refractivity contribution in [1.82, 2.24) is 5.32 Å². The van der Waals surface area contributed by atoms with Gasteiger partial charge in [-0.1, -0.05) is 12.8 Å². The van der Waals surface area contributed by atoms with E-state index in [1.54, 1.807) is 0 Å². The molecule has 1 saturated heterocycles. The predicted molar refractivity (Wildman–Crippen MR) is 76.5 cm³/mol. The predicted octanol–water partition coefficient (Wildman–Crippen LogP) is 2.08. The second-order valence-corrected chi connectivity index (χ2v) is 8.08. The van der Waals surface area contributed by atoms with Crippen LogP contribution in [0.1, 0.15) is 38.5 Å². The van der Waals surface area contributed by atoms with Gasteiger partial charge in [0.15, 0.2) is 0 Å². The van der Waals surface area contributed by atoms with Gasteiger partial charge in [0.05, 0.1) is 11.5 Å². The van der Waals surface area contributed by atoms with Crippen molar-refractivity contribution in [3.63, 3.8) is 0 Å². The minimum atomic E-state index is -2.70. The summed E-state index contributed by atoms with van der Waals surface area (Å²) in [6.45, 7) is 1.05. The molecule has 0 unspecified atom stereocenters. The molecule has 3 nitrogen and oxygen atoms in total. The molecule has 0 radical (unpaired) electrons. The Kier molecular flexibility index (Phi) is 7.55. The summed E-state index contributed by atoms with van der Waals surface area (Å²) in [5.41, 5.74) is 0. The molecule has 1 aliphatic heterocycles. The van der Waals surface area contributed by atoms with Crippen LogP contribution in [0.2, 0.25) is 0 Å². The summed E-state index contributed by atoms with van der Waals surface area (Å²) >= 11 is 1.92. The molecule has 0 aromatic heterocycles. The number of rotatable bonds is 8. The molecular weight excluding hydrogens is 254 g/mol. The molecule has 0 spiro atoms.